The molecule has 0 aliphatic carbocycles. The van der Waals surface area contributed by atoms with Crippen molar-refractivity contribution in [2.45, 2.75) is 58.0 Å². The molecule has 3 aromatic rings. The van der Waals surface area contributed by atoms with E-state index in [4.69, 9.17) is 11.6 Å². The van der Waals surface area contributed by atoms with Gasteiger partial charge in [-0.25, -0.2) is 8.42 Å². The molecule has 3 aromatic carbocycles. The number of benzene rings is 3. The van der Waals surface area contributed by atoms with Gasteiger partial charge >= 0.3 is 0 Å². The molecule has 7 nitrogen and oxygen atoms in total. The maximum Gasteiger partial charge on any atom is 0.264 e. The van der Waals surface area contributed by atoms with Crippen molar-refractivity contribution in [3.05, 3.63) is 95.0 Å². The van der Waals surface area contributed by atoms with E-state index in [1.807, 2.05) is 39.8 Å². The Morgan fingerprint density at radius 3 is 2.12 bits per heavy atom. The molecule has 40 heavy (non-hydrogen) atoms. The van der Waals surface area contributed by atoms with Crippen LogP contribution >= 0.6 is 11.6 Å². The van der Waals surface area contributed by atoms with Gasteiger partial charge in [-0.2, -0.15) is 0 Å². The highest BCUT2D eigenvalue weighted by Crippen LogP contribution is 2.28. The maximum absolute atomic E-state index is 14.1. The number of nitrogens with one attached hydrogen (secondary N) is 1. The first kappa shape index (κ1) is 31.2. The molecule has 1 atom stereocenters. The van der Waals surface area contributed by atoms with E-state index in [2.05, 4.69) is 5.32 Å². The van der Waals surface area contributed by atoms with Gasteiger partial charge in [0.25, 0.3) is 10.0 Å². The second kappa shape index (κ2) is 14.3. The third kappa shape index (κ3) is 7.86. The standard InChI is InChI=1S/C31H38ClN3O4S/c1-5-25-12-10-11-15-29(25)35(40(38,39)27-13-8-7-9-14-27)22-30(36)34(21-24-16-18-26(32)19-17-24)28(6-2)31(37)33-20-23(3)4/h7-19,23,28H,5-6,20-22H2,1-4H3,(H,33,37)/t28-/m0/s1. The fourth-order valence-corrected chi connectivity index (χ4v) is 6.01. The van der Waals surface area contributed by atoms with Gasteiger partial charge in [0.1, 0.15) is 12.6 Å². The van der Waals surface area contributed by atoms with Crippen molar-refractivity contribution in [2.75, 3.05) is 17.4 Å². The third-order valence-corrected chi connectivity index (χ3v) is 8.61. The molecular formula is C31H38ClN3O4S. The van der Waals surface area contributed by atoms with Crippen LogP contribution in [-0.2, 0) is 32.6 Å². The minimum absolute atomic E-state index is 0.0830. The normalized spacial score (nSPS) is 12.2. The summed E-state index contributed by atoms with van der Waals surface area (Å²) >= 11 is 6.08. The molecule has 0 aliphatic rings. The van der Waals surface area contributed by atoms with Crippen molar-refractivity contribution in [1.82, 2.24) is 10.2 Å². The quantitative estimate of drug-likeness (QED) is 0.281. The van der Waals surface area contributed by atoms with E-state index in [-0.39, 0.29) is 23.3 Å². The summed E-state index contributed by atoms with van der Waals surface area (Å²) in [6.07, 6.45) is 0.940. The summed E-state index contributed by atoms with van der Waals surface area (Å²) in [5.41, 5.74) is 2.01. The number of hydrogen-bond acceptors (Lipinski definition) is 4. The second-order valence-corrected chi connectivity index (χ2v) is 12.3. The number of para-hydroxylation sites is 1. The Bertz CT molecular complexity index is 1380. The molecular weight excluding hydrogens is 546 g/mol. The topological polar surface area (TPSA) is 86.8 Å². The van der Waals surface area contributed by atoms with Crippen molar-refractivity contribution in [3.8, 4) is 0 Å². The molecule has 0 saturated carbocycles. The molecule has 0 bridgehead atoms. The van der Waals surface area contributed by atoms with Crippen molar-refractivity contribution in [3.63, 3.8) is 0 Å². The summed E-state index contributed by atoms with van der Waals surface area (Å²) in [7, 11) is -4.10. The van der Waals surface area contributed by atoms with E-state index in [1.165, 1.54) is 17.0 Å². The van der Waals surface area contributed by atoms with Crippen LogP contribution in [-0.4, -0.2) is 44.3 Å². The number of carbonyl (C=O) groups is 2. The molecule has 214 valence electrons. The molecule has 0 heterocycles. The smallest absolute Gasteiger partial charge is 0.264 e. The van der Waals surface area contributed by atoms with E-state index in [0.717, 1.165) is 15.4 Å². The number of anilines is 1. The molecule has 3 rings (SSSR count). The van der Waals surface area contributed by atoms with Crippen molar-refractivity contribution < 1.29 is 18.0 Å². The summed E-state index contributed by atoms with van der Waals surface area (Å²) in [4.78, 5) is 29.0. The van der Waals surface area contributed by atoms with E-state index >= 15 is 0 Å². The minimum Gasteiger partial charge on any atom is -0.354 e. The van der Waals surface area contributed by atoms with E-state index in [1.54, 1.807) is 54.6 Å². The lowest BCUT2D eigenvalue weighted by molar-refractivity contribution is -0.140. The fourth-order valence-electron chi connectivity index (χ4n) is 4.41. The lowest BCUT2D eigenvalue weighted by Crippen LogP contribution is -2.52. The number of carbonyl (C=O) groups excluding carboxylic acids is 2. The number of aryl methyl sites for hydroxylation is 1. The number of halogens is 1. The first-order valence-electron chi connectivity index (χ1n) is 13.6. The molecule has 0 fully saturated rings. The summed E-state index contributed by atoms with van der Waals surface area (Å²) < 4.78 is 29.1. The Hall–Kier alpha value is -3.36. The number of sulfonamides is 1. The van der Waals surface area contributed by atoms with Gasteiger partial charge in [-0.1, -0.05) is 87.8 Å². The van der Waals surface area contributed by atoms with Gasteiger partial charge in [-0.05, 0) is 60.2 Å². The van der Waals surface area contributed by atoms with Crippen molar-refractivity contribution >= 4 is 39.1 Å². The van der Waals surface area contributed by atoms with Crippen LogP contribution in [0.25, 0.3) is 0 Å². The van der Waals surface area contributed by atoms with Crippen molar-refractivity contribution in [2.24, 2.45) is 5.92 Å². The van der Waals surface area contributed by atoms with Gasteiger partial charge in [0.15, 0.2) is 0 Å². The Morgan fingerprint density at radius 2 is 1.52 bits per heavy atom. The Kier molecular flexibility index (Phi) is 11.2. The van der Waals surface area contributed by atoms with E-state index < -0.39 is 28.5 Å². The van der Waals surface area contributed by atoms with Crippen LogP contribution in [0.5, 0.6) is 0 Å². The van der Waals surface area contributed by atoms with Crippen LogP contribution in [0.2, 0.25) is 5.02 Å². The first-order valence-corrected chi connectivity index (χ1v) is 15.4. The SMILES string of the molecule is CCc1ccccc1N(CC(=O)N(Cc1ccc(Cl)cc1)[C@@H](CC)C(=O)NCC(C)C)S(=O)(=O)c1ccccc1. The zero-order valence-electron chi connectivity index (χ0n) is 23.5. The lowest BCUT2D eigenvalue weighted by atomic mass is 10.1. The van der Waals surface area contributed by atoms with Crippen LogP contribution in [0.4, 0.5) is 5.69 Å². The van der Waals surface area contributed by atoms with Gasteiger partial charge in [0.2, 0.25) is 11.8 Å². The average Bonchev–Trinajstić information content (AvgIpc) is 2.95. The van der Waals surface area contributed by atoms with E-state index in [9.17, 15) is 18.0 Å². The highest BCUT2D eigenvalue weighted by Gasteiger charge is 2.34. The van der Waals surface area contributed by atoms with Crippen LogP contribution in [0.15, 0.2) is 83.8 Å². The molecule has 0 aliphatic heterocycles. The van der Waals surface area contributed by atoms with E-state index in [0.29, 0.717) is 30.1 Å². The van der Waals surface area contributed by atoms with Crippen LogP contribution in [0.3, 0.4) is 0 Å². The second-order valence-electron chi connectivity index (χ2n) is 10.0. The first-order chi connectivity index (χ1) is 19.1. The summed E-state index contributed by atoms with van der Waals surface area (Å²) in [6, 6.07) is 21.5. The zero-order valence-corrected chi connectivity index (χ0v) is 25.1. The fraction of sp³-hybridized carbons (Fsp3) is 0.355. The third-order valence-electron chi connectivity index (χ3n) is 6.59. The molecule has 0 saturated heterocycles. The minimum atomic E-state index is -4.10. The van der Waals surface area contributed by atoms with Gasteiger partial charge in [0.05, 0.1) is 10.6 Å². The van der Waals surface area contributed by atoms with Gasteiger partial charge in [-0.15, -0.1) is 0 Å². The molecule has 0 aromatic heterocycles. The molecule has 0 unspecified atom stereocenters. The molecule has 1 N–H and O–H groups in total. The highest BCUT2D eigenvalue weighted by molar-refractivity contribution is 7.92. The van der Waals surface area contributed by atoms with Crippen LogP contribution in [0, 0.1) is 5.92 Å². The number of hydrogen-bond donors (Lipinski definition) is 1. The molecule has 0 radical (unpaired) electrons. The predicted molar refractivity (Wildman–Crippen MR) is 161 cm³/mol. The summed E-state index contributed by atoms with van der Waals surface area (Å²) in [5.74, 6) is -0.518. The van der Waals surface area contributed by atoms with Crippen LogP contribution < -0.4 is 9.62 Å². The average molecular weight is 584 g/mol. The Morgan fingerprint density at radius 1 is 0.900 bits per heavy atom. The van der Waals surface area contributed by atoms with Crippen molar-refractivity contribution in [1.29, 1.82) is 0 Å². The van der Waals surface area contributed by atoms with Gasteiger partial charge in [-0.3, -0.25) is 13.9 Å². The zero-order chi connectivity index (χ0) is 29.3. The Balaban J connectivity index is 2.06. The molecule has 2 amide bonds. The molecule has 0 spiro atoms. The summed E-state index contributed by atoms with van der Waals surface area (Å²) in [6.45, 7) is 7.90. The molecule has 9 heteroatoms. The monoisotopic (exact) mass is 583 g/mol. The predicted octanol–water partition coefficient (Wildman–Crippen LogP) is 5.68. The number of amides is 2. The number of rotatable bonds is 13. The van der Waals surface area contributed by atoms with Gasteiger partial charge < -0.3 is 10.2 Å². The lowest BCUT2D eigenvalue weighted by Gasteiger charge is -2.33. The largest absolute Gasteiger partial charge is 0.354 e. The van der Waals surface area contributed by atoms with Crippen LogP contribution in [0.1, 0.15) is 45.2 Å². The maximum atomic E-state index is 14.1. The Labute approximate surface area is 243 Å². The van der Waals surface area contributed by atoms with Gasteiger partial charge in [0, 0.05) is 18.1 Å². The summed E-state index contributed by atoms with van der Waals surface area (Å²) in [5, 5.41) is 3.49. The highest BCUT2D eigenvalue weighted by atomic mass is 35.5. The number of nitrogens with zero attached hydrogens (tertiary/aromatic N) is 2.